The van der Waals surface area contributed by atoms with E-state index in [1.807, 2.05) is 12.4 Å². The molecule has 0 saturated heterocycles. The van der Waals surface area contributed by atoms with Gasteiger partial charge < -0.3 is 0 Å². The van der Waals surface area contributed by atoms with Gasteiger partial charge in [-0.05, 0) is 29.8 Å². The summed E-state index contributed by atoms with van der Waals surface area (Å²) in [5.41, 5.74) is 2.23. The number of hydrogen-bond donors (Lipinski definition) is 0. The first kappa shape index (κ1) is 12.7. The van der Waals surface area contributed by atoms with Gasteiger partial charge in [-0.15, -0.1) is 22.7 Å². The summed E-state index contributed by atoms with van der Waals surface area (Å²) in [5, 5.41) is 5.60. The summed E-state index contributed by atoms with van der Waals surface area (Å²) in [6.45, 7) is 2.09. The van der Waals surface area contributed by atoms with Gasteiger partial charge in [-0.2, -0.15) is 0 Å². The van der Waals surface area contributed by atoms with Gasteiger partial charge in [-0.3, -0.25) is 4.98 Å². The molecule has 4 heteroatoms. The lowest BCUT2D eigenvalue weighted by Crippen LogP contribution is -1.85. The van der Waals surface area contributed by atoms with Gasteiger partial charge in [0.15, 0.2) is 0 Å². The maximum Gasteiger partial charge on any atom is 0.125 e. The number of benzene rings is 1. The summed E-state index contributed by atoms with van der Waals surface area (Å²) in [5.74, 6) is 0. The van der Waals surface area contributed by atoms with Crippen LogP contribution in [0.15, 0.2) is 54.2 Å². The highest BCUT2D eigenvalue weighted by atomic mass is 32.1. The number of aromatic nitrogens is 2. The molecule has 0 radical (unpaired) electrons. The first-order valence-corrected chi connectivity index (χ1v) is 8.37. The van der Waals surface area contributed by atoms with Gasteiger partial charge in [0.25, 0.3) is 0 Å². The standard InChI is InChI=1S/C17H12N2S2/c1-11-10-19-17(21-11)14-7-9-20-16(14)15-13-5-3-2-4-12(13)6-8-18-15/h2-10H,1H3. The summed E-state index contributed by atoms with van der Waals surface area (Å²) in [6.07, 6.45) is 3.81. The van der Waals surface area contributed by atoms with Crippen molar-refractivity contribution >= 4 is 33.4 Å². The summed E-state index contributed by atoms with van der Waals surface area (Å²) >= 11 is 3.45. The second kappa shape index (κ2) is 5.06. The van der Waals surface area contributed by atoms with Crippen molar-refractivity contribution in [2.45, 2.75) is 6.92 Å². The van der Waals surface area contributed by atoms with Crippen LogP contribution in [0.25, 0.3) is 31.9 Å². The van der Waals surface area contributed by atoms with Gasteiger partial charge in [-0.25, -0.2) is 4.98 Å². The van der Waals surface area contributed by atoms with Gasteiger partial charge >= 0.3 is 0 Å². The van der Waals surface area contributed by atoms with E-state index in [4.69, 9.17) is 0 Å². The smallest absolute Gasteiger partial charge is 0.125 e. The Balaban J connectivity index is 1.96. The Labute approximate surface area is 130 Å². The Hall–Kier alpha value is -2.04. The van der Waals surface area contributed by atoms with Gasteiger partial charge in [0.05, 0.1) is 10.6 Å². The highest BCUT2D eigenvalue weighted by molar-refractivity contribution is 7.17. The average Bonchev–Trinajstić information content (AvgIpc) is 3.15. The first-order valence-electron chi connectivity index (χ1n) is 6.67. The van der Waals surface area contributed by atoms with Crippen LogP contribution >= 0.6 is 22.7 Å². The third kappa shape index (κ3) is 2.17. The topological polar surface area (TPSA) is 25.8 Å². The van der Waals surface area contributed by atoms with Gasteiger partial charge in [0.2, 0.25) is 0 Å². The molecule has 3 aromatic heterocycles. The fourth-order valence-corrected chi connectivity index (χ4v) is 4.21. The Morgan fingerprint density at radius 3 is 2.76 bits per heavy atom. The first-order chi connectivity index (χ1) is 10.3. The molecular formula is C17H12N2S2. The molecule has 0 bridgehead atoms. The van der Waals surface area contributed by atoms with Gasteiger partial charge in [0.1, 0.15) is 5.01 Å². The maximum absolute atomic E-state index is 4.63. The Morgan fingerprint density at radius 1 is 1.00 bits per heavy atom. The van der Waals surface area contributed by atoms with E-state index in [1.54, 1.807) is 22.7 Å². The lowest BCUT2D eigenvalue weighted by molar-refractivity contribution is 1.36. The number of pyridine rings is 1. The largest absolute Gasteiger partial charge is 0.255 e. The number of hydrogen-bond acceptors (Lipinski definition) is 4. The summed E-state index contributed by atoms with van der Waals surface area (Å²) in [6, 6.07) is 12.6. The van der Waals surface area contributed by atoms with Crippen molar-refractivity contribution in [1.82, 2.24) is 9.97 Å². The molecule has 0 spiro atoms. The van der Waals surface area contributed by atoms with E-state index in [2.05, 4.69) is 58.7 Å². The van der Waals surface area contributed by atoms with Gasteiger partial charge in [-0.1, -0.05) is 24.3 Å². The van der Waals surface area contributed by atoms with Crippen LogP contribution in [0, 0.1) is 6.92 Å². The maximum atomic E-state index is 4.63. The second-order valence-corrected chi connectivity index (χ2v) is 6.97. The van der Waals surface area contributed by atoms with Crippen LogP contribution in [-0.4, -0.2) is 9.97 Å². The van der Waals surface area contributed by atoms with E-state index in [0.717, 1.165) is 10.7 Å². The minimum Gasteiger partial charge on any atom is -0.255 e. The van der Waals surface area contributed by atoms with Crippen LogP contribution in [0.3, 0.4) is 0 Å². The summed E-state index contributed by atoms with van der Waals surface area (Å²) < 4.78 is 0. The molecule has 0 atom stereocenters. The highest BCUT2D eigenvalue weighted by Gasteiger charge is 2.15. The van der Waals surface area contributed by atoms with Crippen molar-refractivity contribution in [3.63, 3.8) is 0 Å². The van der Waals surface area contributed by atoms with Crippen LogP contribution in [0.5, 0.6) is 0 Å². The number of thiophene rings is 1. The SMILES string of the molecule is Cc1cnc(-c2ccsc2-c2nccc3ccccc23)s1. The lowest BCUT2D eigenvalue weighted by atomic mass is 10.1. The summed E-state index contributed by atoms with van der Waals surface area (Å²) in [7, 11) is 0. The number of aryl methyl sites for hydroxylation is 1. The number of nitrogens with zero attached hydrogens (tertiary/aromatic N) is 2. The second-order valence-electron chi connectivity index (χ2n) is 4.82. The van der Waals surface area contributed by atoms with Crippen LogP contribution in [0.2, 0.25) is 0 Å². The highest BCUT2D eigenvalue weighted by Crippen LogP contribution is 2.39. The van der Waals surface area contributed by atoms with Crippen LogP contribution in [0.1, 0.15) is 4.88 Å². The Morgan fingerprint density at radius 2 is 1.90 bits per heavy atom. The fraction of sp³-hybridized carbons (Fsp3) is 0.0588. The van der Waals surface area contributed by atoms with Gasteiger partial charge in [0, 0.05) is 28.2 Å². The van der Waals surface area contributed by atoms with E-state index in [9.17, 15) is 0 Å². The van der Waals surface area contributed by atoms with Crippen LogP contribution in [0.4, 0.5) is 0 Å². The van der Waals surface area contributed by atoms with E-state index >= 15 is 0 Å². The van der Waals surface area contributed by atoms with Crippen molar-refractivity contribution in [2.24, 2.45) is 0 Å². The molecule has 0 aliphatic rings. The minimum atomic E-state index is 1.05. The predicted molar refractivity (Wildman–Crippen MR) is 90.9 cm³/mol. The quantitative estimate of drug-likeness (QED) is 0.496. The molecule has 0 fully saturated rings. The number of fused-ring (bicyclic) bond motifs is 1. The molecule has 3 heterocycles. The molecular weight excluding hydrogens is 296 g/mol. The molecule has 2 nitrogen and oxygen atoms in total. The Bertz CT molecular complexity index is 916. The molecule has 21 heavy (non-hydrogen) atoms. The van der Waals surface area contributed by atoms with Crippen molar-refractivity contribution in [1.29, 1.82) is 0 Å². The third-order valence-electron chi connectivity index (χ3n) is 3.41. The molecule has 0 aliphatic carbocycles. The predicted octanol–water partition coefficient (Wildman–Crippen LogP) is 5.40. The molecule has 0 unspecified atom stereocenters. The van der Waals surface area contributed by atoms with E-state index in [0.29, 0.717) is 0 Å². The zero-order valence-electron chi connectivity index (χ0n) is 11.4. The molecule has 4 rings (SSSR count). The molecule has 0 amide bonds. The molecule has 0 saturated carbocycles. The van der Waals surface area contributed by atoms with Crippen molar-refractivity contribution in [3.05, 3.63) is 59.0 Å². The van der Waals surface area contributed by atoms with Crippen molar-refractivity contribution in [3.8, 4) is 21.1 Å². The normalized spacial score (nSPS) is 11.1. The molecule has 102 valence electrons. The van der Waals surface area contributed by atoms with Crippen molar-refractivity contribution in [2.75, 3.05) is 0 Å². The number of rotatable bonds is 2. The summed E-state index contributed by atoms with van der Waals surface area (Å²) in [4.78, 5) is 11.6. The Kier molecular flexibility index (Phi) is 3.05. The van der Waals surface area contributed by atoms with E-state index < -0.39 is 0 Å². The zero-order chi connectivity index (χ0) is 14.2. The fourth-order valence-electron chi connectivity index (χ4n) is 2.44. The number of thiazole rings is 1. The molecule has 0 aliphatic heterocycles. The molecule has 0 N–H and O–H groups in total. The van der Waals surface area contributed by atoms with Crippen molar-refractivity contribution < 1.29 is 0 Å². The van der Waals surface area contributed by atoms with Crippen LogP contribution < -0.4 is 0 Å². The molecule has 1 aromatic carbocycles. The zero-order valence-corrected chi connectivity index (χ0v) is 13.0. The third-order valence-corrected chi connectivity index (χ3v) is 5.27. The lowest BCUT2D eigenvalue weighted by Gasteiger charge is -2.05. The molecule has 4 aromatic rings. The monoisotopic (exact) mass is 308 g/mol. The minimum absolute atomic E-state index is 1.05. The average molecular weight is 308 g/mol. The van der Waals surface area contributed by atoms with E-state index in [-0.39, 0.29) is 0 Å². The van der Waals surface area contributed by atoms with Crippen LogP contribution in [-0.2, 0) is 0 Å². The van der Waals surface area contributed by atoms with E-state index in [1.165, 1.54) is 26.1 Å².